The number of aromatic hydroxyl groups is 2. The van der Waals surface area contributed by atoms with Crippen LogP contribution >= 0.6 is 23.4 Å². The van der Waals surface area contributed by atoms with E-state index in [-0.39, 0.29) is 34.7 Å². The van der Waals surface area contributed by atoms with Crippen molar-refractivity contribution in [3.8, 4) is 11.5 Å². The maximum atomic E-state index is 12.8. The van der Waals surface area contributed by atoms with E-state index in [9.17, 15) is 20.1 Å². The molecular formula is C35H36ClN3O4S. The van der Waals surface area contributed by atoms with Gasteiger partial charge in [-0.05, 0) is 133 Å². The third-order valence-electron chi connectivity index (χ3n) is 10.5. The van der Waals surface area contributed by atoms with Crippen LogP contribution in [-0.2, 0) is 17.6 Å². The van der Waals surface area contributed by atoms with E-state index in [2.05, 4.69) is 23.2 Å². The van der Waals surface area contributed by atoms with E-state index in [0.29, 0.717) is 45.8 Å². The molecule has 44 heavy (non-hydrogen) atoms. The number of phenols is 2. The molecule has 7 rings (SSSR count). The van der Waals surface area contributed by atoms with E-state index in [1.807, 2.05) is 6.07 Å². The molecule has 0 spiro atoms. The van der Waals surface area contributed by atoms with Crippen LogP contribution in [0.5, 0.6) is 11.5 Å². The third kappa shape index (κ3) is 5.21. The van der Waals surface area contributed by atoms with Crippen LogP contribution in [-0.4, -0.2) is 44.0 Å². The summed E-state index contributed by atoms with van der Waals surface area (Å²) in [5.74, 6) is 2.06. The largest absolute Gasteiger partial charge is 0.508 e. The Morgan fingerprint density at radius 1 is 1.05 bits per heavy atom. The average molecular weight is 630 g/mol. The fourth-order valence-electron chi connectivity index (χ4n) is 8.18. The fraction of sp³-hybridized carbons (Fsp3) is 0.400. The Morgan fingerprint density at radius 2 is 1.82 bits per heavy atom. The van der Waals surface area contributed by atoms with Gasteiger partial charge in [-0.15, -0.1) is 5.10 Å². The number of rotatable bonds is 5. The number of benzene rings is 3. The summed E-state index contributed by atoms with van der Waals surface area (Å²) in [7, 11) is 0. The quantitative estimate of drug-likeness (QED) is 0.207. The summed E-state index contributed by atoms with van der Waals surface area (Å²) >= 11 is 7.40. The van der Waals surface area contributed by atoms with E-state index < -0.39 is 0 Å². The summed E-state index contributed by atoms with van der Waals surface area (Å²) in [6.45, 7) is 2.29. The number of thioether (sulfide) groups is 1. The number of aryl methyl sites for hydroxylation is 1. The molecule has 3 aromatic carbocycles. The minimum absolute atomic E-state index is 0.00974. The Labute approximate surface area is 266 Å². The van der Waals surface area contributed by atoms with E-state index in [4.69, 9.17) is 11.6 Å². The second-order valence-corrected chi connectivity index (χ2v) is 14.3. The first kappa shape index (κ1) is 29.4. The number of nitrogens with zero attached hydrogens (tertiary/aromatic N) is 3. The number of aliphatic hydroxyl groups is 1. The lowest BCUT2D eigenvalue weighted by molar-refractivity contribution is -0.115. The number of hydrogen-bond donors (Lipinski definition) is 3. The van der Waals surface area contributed by atoms with Crippen molar-refractivity contribution in [2.75, 3.05) is 10.7 Å². The molecule has 1 heterocycles. The van der Waals surface area contributed by atoms with Gasteiger partial charge in [0.2, 0.25) is 5.91 Å². The molecule has 0 radical (unpaired) electrons. The second kappa shape index (κ2) is 11.5. The number of anilines is 1. The third-order valence-corrected chi connectivity index (χ3v) is 11.7. The standard InChI is InChI=1S/C35H36ClN3O4S/c1-35-15-14-26-27(29(35)12-13-32(35)42)11-4-21-18-31(41)22(16-28(21)26)17-30(20-2-9-25(40)10-3-20)37-38-34-39(33(43)19-44-34)24-7-5-23(36)6-8-24/h2-3,5-10,16,18,26-27,29,32,40-42H,4,11-15,17,19H2,1H3/b37-30-,38-34-/t26-,27+,29-,32-,35-/m0/s1. The highest BCUT2D eigenvalue weighted by molar-refractivity contribution is 8.15. The zero-order valence-electron chi connectivity index (χ0n) is 24.6. The smallest absolute Gasteiger partial charge is 0.243 e. The number of aliphatic hydroxyl groups excluding tert-OH is 1. The zero-order chi connectivity index (χ0) is 30.6. The SMILES string of the molecule is C[C@]12CC[C@@H]3c4cc(C/C(=N/N=C5\SCC(=O)N5c5ccc(Cl)cc5)c5ccc(O)cc5)c(O)cc4CC[C@H]3[C@@H]1CC[C@@H]2O. The molecule has 3 N–H and O–H groups in total. The first-order chi connectivity index (χ1) is 21.2. The first-order valence-corrected chi connectivity index (χ1v) is 16.8. The number of carbonyl (C=O) groups excluding carboxylic acids is 1. The highest BCUT2D eigenvalue weighted by Crippen LogP contribution is 2.61. The maximum Gasteiger partial charge on any atom is 0.243 e. The second-order valence-electron chi connectivity index (χ2n) is 12.9. The van der Waals surface area contributed by atoms with Gasteiger partial charge < -0.3 is 15.3 Å². The highest BCUT2D eigenvalue weighted by atomic mass is 35.5. The molecule has 228 valence electrons. The van der Waals surface area contributed by atoms with Crippen LogP contribution in [0.2, 0.25) is 5.02 Å². The molecule has 3 aromatic rings. The van der Waals surface area contributed by atoms with Crippen LogP contribution in [0.1, 0.15) is 67.2 Å². The molecule has 0 unspecified atom stereocenters. The van der Waals surface area contributed by atoms with Crippen molar-refractivity contribution in [3.05, 3.63) is 87.9 Å². The van der Waals surface area contributed by atoms with Gasteiger partial charge in [0.05, 0.1) is 23.3 Å². The van der Waals surface area contributed by atoms with E-state index in [1.165, 1.54) is 22.9 Å². The Kier molecular flexibility index (Phi) is 7.71. The summed E-state index contributed by atoms with van der Waals surface area (Å²) in [6, 6.07) is 17.9. The number of phenolic OH excluding ortho intramolecular Hbond substituents is 2. The zero-order valence-corrected chi connectivity index (χ0v) is 26.2. The molecule has 3 fully saturated rings. The minimum atomic E-state index is -0.208. The summed E-state index contributed by atoms with van der Waals surface area (Å²) < 4.78 is 0. The van der Waals surface area contributed by atoms with Gasteiger partial charge in [-0.2, -0.15) is 5.10 Å². The van der Waals surface area contributed by atoms with E-state index in [1.54, 1.807) is 53.4 Å². The minimum Gasteiger partial charge on any atom is -0.508 e. The normalized spacial score (nSPS) is 29.1. The van der Waals surface area contributed by atoms with Crippen molar-refractivity contribution in [3.63, 3.8) is 0 Å². The molecule has 3 aliphatic carbocycles. The van der Waals surface area contributed by atoms with Gasteiger partial charge >= 0.3 is 0 Å². The molecule has 0 aromatic heterocycles. The van der Waals surface area contributed by atoms with Crippen LogP contribution in [0.4, 0.5) is 5.69 Å². The molecule has 9 heteroatoms. The van der Waals surface area contributed by atoms with Crippen molar-refractivity contribution < 1.29 is 20.1 Å². The first-order valence-electron chi connectivity index (χ1n) is 15.4. The highest BCUT2D eigenvalue weighted by Gasteiger charge is 2.54. The summed E-state index contributed by atoms with van der Waals surface area (Å²) in [5, 5.41) is 42.3. The summed E-state index contributed by atoms with van der Waals surface area (Å²) in [5.41, 5.74) is 5.38. The Morgan fingerprint density at radius 3 is 2.59 bits per heavy atom. The molecule has 7 nitrogen and oxygen atoms in total. The lowest BCUT2D eigenvalue weighted by Crippen LogP contribution is -2.43. The fourth-order valence-corrected chi connectivity index (χ4v) is 9.12. The number of amides is 1. The van der Waals surface area contributed by atoms with Crippen LogP contribution in [0.15, 0.2) is 70.9 Å². The van der Waals surface area contributed by atoms with Crippen molar-refractivity contribution in [2.45, 2.75) is 63.9 Å². The van der Waals surface area contributed by atoms with Crippen molar-refractivity contribution in [1.82, 2.24) is 0 Å². The predicted molar refractivity (Wildman–Crippen MR) is 176 cm³/mol. The number of fused-ring (bicyclic) bond motifs is 5. The van der Waals surface area contributed by atoms with Crippen LogP contribution in [0, 0.1) is 17.3 Å². The van der Waals surface area contributed by atoms with Crippen LogP contribution in [0.3, 0.4) is 0 Å². The molecular weight excluding hydrogens is 594 g/mol. The van der Waals surface area contributed by atoms with Crippen LogP contribution in [0.25, 0.3) is 0 Å². The molecule has 2 saturated carbocycles. The Bertz CT molecular complexity index is 1660. The molecule has 4 aliphatic rings. The van der Waals surface area contributed by atoms with Gasteiger partial charge in [0.1, 0.15) is 11.5 Å². The van der Waals surface area contributed by atoms with Gasteiger partial charge in [0.15, 0.2) is 5.17 Å². The molecule has 0 bridgehead atoms. The van der Waals surface area contributed by atoms with E-state index in [0.717, 1.165) is 49.7 Å². The lowest BCUT2D eigenvalue weighted by atomic mass is 9.55. The Hall–Kier alpha value is -3.33. The summed E-state index contributed by atoms with van der Waals surface area (Å²) in [6.07, 6.45) is 6.21. The number of hydrogen-bond acceptors (Lipinski definition) is 7. The van der Waals surface area contributed by atoms with Crippen molar-refractivity contribution >= 4 is 45.8 Å². The summed E-state index contributed by atoms with van der Waals surface area (Å²) in [4.78, 5) is 14.3. The number of carbonyl (C=O) groups is 1. The number of amidine groups is 1. The molecule has 1 aliphatic heterocycles. The van der Waals surface area contributed by atoms with E-state index >= 15 is 0 Å². The topological polar surface area (TPSA) is 106 Å². The maximum absolute atomic E-state index is 12.8. The van der Waals surface area contributed by atoms with Gasteiger partial charge in [0, 0.05) is 17.0 Å². The monoisotopic (exact) mass is 629 g/mol. The van der Waals surface area contributed by atoms with Crippen molar-refractivity contribution in [1.29, 1.82) is 0 Å². The van der Waals surface area contributed by atoms with Gasteiger partial charge in [-0.3, -0.25) is 9.69 Å². The Balaban J connectivity index is 1.23. The van der Waals surface area contributed by atoms with Gasteiger partial charge in [-0.25, -0.2) is 0 Å². The average Bonchev–Trinajstić information content (AvgIpc) is 3.54. The molecule has 1 amide bonds. The molecule has 5 atom stereocenters. The number of halogens is 1. The van der Waals surface area contributed by atoms with Gasteiger partial charge in [0.25, 0.3) is 0 Å². The van der Waals surface area contributed by atoms with Crippen molar-refractivity contribution in [2.24, 2.45) is 27.5 Å². The lowest BCUT2D eigenvalue weighted by Gasteiger charge is -2.50. The van der Waals surface area contributed by atoms with Crippen LogP contribution < -0.4 is 4.90 Å². The predicted octanol–water partition coefficient (Wildman–Crippen LogP) is 7.05. The van der Waals surface area contributed by atoms with Gasteiger partial charge in [-0.1, -0.05) is 36.4 Å². The molecule has 1 saturated heterocycles.